The molecule has 1 aromatic rings. The van der Waals surface area contributed by atoms with E-state index in [1.165, 1.54) is 28.0 Å². The second-order valence-electron chi connectivity index (χ2n) is 5.45. The molecule has 0 aliphatic carbocycles. The molecular weight excluding hydrogens is 311 g/mol. The molecule has 1 heterocycles. The summed E-state index contributed by atoms with van der Waals surface area (Å²) in [5, 5.41) is 0. The van der Waals surface area contributed by atoms with Crippen LogP contribution in [0.2, 0.25) is 0 Å². The van der Waals surface area contributed by atoms with Crippen LogP contribution in [-0.4, -0.2) is 53.8 Å². The standard InChI is InChI=1S/C15H18F3N3O2/c1-10(19)13(22)20-6-8-21(9-7-20)14(23)11-4-2-3-5-12(11)15(16,17)18/h2-5,10H,6-9,19H2,1H3. The van der Waals surface area contributed by atoms with Crippen molar-refractivity contribution in [2.75, 3.05) is 26.2 Å². The lowest BCUT2D eigenvalue weighted by Gasteiger charge is -2.35. The maximum atomic E-state index is 13.0. The third-order valence-electron chi connectivity index (χ3n) is 3.73. The number of hydrogen-bond acceptors (Lipinski definition) is 3. The number of nitrogens with zero attached hydrogens (tertiary/aromatic N) is 2. The van der Waals surface area contributed by atoms with Gasteiger partial charge >= 0.3 is 6.18 Å². The van der Waals surface area contributed by atoms with Gasteiger partial charge < -0.3 is 15.5 Å². The first-order chi connectivity index (χ1) is 10.7. The molecule has 0 saturated carbocycles. The summed E-state index contributed by atoms with van der Waals surface area (Å²) < 4.78 is 39.0. The molecule has 2 rings (SSSR count). The van der Waals surface area contributed by atoms with Gasteiger partial charge in [-0.1, -0.05) is 12.1 Å². The average Bonchev–Trinajstić information content (AvgIpc) is 2.52. The first-order valence-corrected chi connectivity index (χ1v) is 7.21. The summed E-state index contributed by atoms with van der Waals surface area (Å²) in [7, 11) is 0. The van der Waals surface area contributed by atoms with Gasteiger partial charge in [0.25, 0.3) is 5.91 Å². The summed E-state index contributed by atoms with van der Waals surface area (Å²) in [5.41, 5.74) is 4.21. The number of benzene rings is 1. The van der Waals surface area contributed by atoms with E-state index in [9.17, 15) is 22.8 Å². The summed E-state index contributed by atoms with van der Waals surface area (Å²) >= 11 is 0. The van der Waals surface area contributed by atoms with Gasteiger partial charge in [0.2, 0.25) is 5.91 Å². The van der Waals surface area contributed by atoms with Gasteiger partial charge in [-0.05, 0) is 19.1 Å². The highest BCUT2D eigenvalue weighted by molar-refractivity contribution is 5.96. The first-order valence-electron chi connectivity index (χ1n) is 7.21. The molecule has 0 radical (unpaired) electrons. The van der Waals surface area contributed by atoms with Crippen LogP contribution in [0.5, 0.6) is 0 Å². The van der Waals surface area contributed by atoms with Crippen LogP contribution in [0.4, 0.5) is 13.2 Å². The fourth-order valence-corrected chi connectivity index (χ4v) is 2.51. The Labute approximate surface area is 131 Å². The molecule has 1 unspecified atom stereocenters. The van der Waals surface area contributed by atoms with E-state index in [1.54, 1.807) is 6.92 Å². The Morgan fingerprint density at radius 2 is 1.61 bits per heavy atom. The molecule has 126 valence electrons. The minimum absolute atomic E-state index is 0.184. The van der Waals surface area contributed by atoms with Crippen LogP contribution in [0.3, 0.4) is 0 Å². The maximum absolute atomic E-state index is 13.0. The van der Waals surface area contributed by atoms with Crippen LogP contribution in [0.1, 0.15) is 22.8 Å². The monoisotopic (exact) mass is 329 g/mol. The summed E-state index contributed by atoms with van der Waals surface area (Å²) in [6.07, 6.45) is -4.58. The number of amides is 2. The number of hydrogen-bond donors (Lipinski definition) is 1. The van der Waals surface area contributed by atoms with Gasteiger partial charge in [0.1, 0.15) is 0 Å². The third-order valence-corrected chi connectivity index (χ3v) is 3.73. The van der Waals surface area contributed by atoms with Crippen LogP contribution in [0, 0.1) is 0 Å². The molecule has 5 nitrogen and oxygen atoms in total. The number of nitrogens with two attached hydrogens (primary N) is 1. The average molecular weight is 329 g/mol. The van der Waals surface area contributed by atoms with Gasteiger partial charge in [-0.15, -0.1) is 0 Å². The summed E-state index contributed by atoms with van der Waals surface area (Å²) in [6.45, 7) is 2.47. The van der Waals surface area contributed by atoms with Gasteiger partial charge in [0.15, 0.2) is 0 Å². The topological polar surface area (TPSA) is 66.6 Å². The molecule has 2 N–H and O–H groups in total. The number of piperazine rings is 1. The number of halogens is 3. The molecule has 1 aromatic carbocycles. The molecule has 1 saturated heterocycles. The van der Waals surface area contributed by atoms with E-state index < -0.39 is 23.7 Å². The van der Waals surface area contributed by atoms with Crippen molar-refractivity contribution in [1.82, 2.24) is 9.80 Å². The number of rotatable bonds is 2. The molecule has 0 spiro atoms. The number of carbonyl (C=O) groups excluding carboxylic acids is 2. The Balaban J connectivity index is 2.11. The molecule has 0 aromatic heterocycles. The van der Waals surface area contributed by atoms with E-state index in [4.69, 9.17) is 5.73 Å². The third kappa shape index (κ3) is 3.82. The number of alkyl halides is 3. The first kappa shape index (κ1) is 17.3. The van der Waals surface area contributed by atoms with Crippen molar-refractivity contribution < 1.29 is 22.8 Å². The molecule has 1 fully saturated rings. The van der Waals surface area contributed by atoms with Gasteiger partial charge in [0.05, 0.1) is 17.2 Å². The van der Waals surface area contributed by atoms with E-state index in [2.05, 4.69) is 0 Å². The van der Waals surface area contributed by atoms with Crippen LogP contribution in [0.25, 0.3) is 0 Å². The Hall–Kier alpha value is -2.09. The predicted molar refractivity (Wildman–Crippen MR) is 77.6 cm³/mol. The smallest absolute Gasteiger partial charge is 0.338 e. The van der Waals surface area contributed by atoms with Crippen LogP contribution < -0.4 is 5.73 Å². The van der Waals surface area contributed by atoms with Crippen LogP contribution >= 0.6 is 0 Å². The zero-order valence-electron chi connectivity index (χ0n) is 12.6. The van der Waals surface area contributed by atoms with E-state index in [0.717, 1.165) is 6.07 Å². The lowest BCUT2D eigenvalue weighted by molar-refractivity contribution is -0.138. The predicted octanol–water partition coefficient (Wildman–Crippen LogP) is 1.34. The van der Waals surface area contributed by atoms with Gasteiger partial charge in [-0.3, -0.25) is 9.59 Å². The van der Waals surface area contributed by atoms with Crippen LogP contribution in [0.15, 0.2) is 24.3 Å². The fraction of sp³-hybridized carbons (Fsp3) is 0.467. The number of carbonyl (C=O) groups is 2. The van der Waals surface area contributed by atoms with E-state index >= 15 is 0 Å². The van der Waals surface area contributed by atoms with Crippen LogP contribution in [-0.2, 0) is 11.0 Å². The van der Waals surface area contributed by atoms with Crippen molar-refractivity contribution in [2.45, 2.75) is 19.1 Å². The van der Waals surface area contributed by atoms with Crippen molar-refractivity contribution in [2.24, 2.45) is 5.73 Å². The van der Waals surface area contributed by atoms with E-state index in [0.29, 0.717) is 0 Å². The molecule has 1 atom stereocenters. The highest BCUT2D eigenvalue weighted by atomic mass is 19.4. The van der Waals surface area contributed by atoms with Gasteiger partial charge in [-0.2, -0.15) is 13.2 Å². The Morgan fingerprint density at radius 3 is 2.13 bits per heavy atom. The minimum Gasteiger partial charge on any atom is -0.338 e. The Kier molecular flexibility index (Phi) is 4.93. The molecule has 0 bridgehead atoms. The SMILES string of the molecule is CC(N)C(=O)N1CCN(C(=O)c2ccccc2C(F)(F)F)CC1. The molecular formula is C15H18F3N3O2. The lowest BCUT2D eigenvalue weighted by Crippen LogP contribution is -2.53. The highest BCUT2D eigenvalue weighted by Gasteiger charge is 2.36. The Bertz CT molecular complexity index is 594. The van der Waals surface area contributed by atoms with E-state index in [1.807, 2.05) is 0 Å². The minimum atomic E-state index is -4.58. The van der Waals surface area contributed by atoms with Crippen molar-refractivity contribution in [3.63, 3.8) is 0 Å². The molecule has 1 aliphatic rings. The van der Waals surface area contributed by atoms with Gasteiger partial charge in [-0.25, -0.2) is 0 Å². The zero-order valence-corrected chi connectivity index (χ0v) is 12.6. The summed E-state index contributed by atoms with van der Waals surface area (Å²) in [5.74, 6) is -0.904. The van der Waals surface area contributed by atoms with Crippen molar-refractivity contribution in [1.29, 1.82) is 0 Å². The van der Waals surface area contributed by atoms with E-state index in [-0.39, 0.29) is 37.6 Å². The van der Waals surface area contributed by atoms with Crippen molar-refractivity contribution in [3.05, 3.63) is 35.4 Å². The maximum Gasteiger partial charge on any atom is 0.417 e. The highest BCUT2D eigenvalue weighted by Crippen LogP contribution is 2.32. The molecule has 23 heavy (non-hydrogen) atoms. The largest absolute Gasteiger partial charge is 0.417 e. The van der Waals surface area contributed by atoms with Gasteiger partial charge in [0, 0.05) is 26.2 Å². The second kappa shape index (κ2) is 6.57. The quantitative estimate of drug-likeness (QED) is 0.890. The normalized spacial score (nSPS) is 17.1. The molecule has 1 aliphatic heterocycles. The Morgan fingerprint density at radius 1 is 1.09 bits per heavy atom. The second-order valence-corrected chi connectivity index (χ2v) is 5.45. The zero-order chi connectivity index (χ0) is 17.2. The molecule has 2 amide bonds. The fourth-order valence-electron chi connectivity index (χ4n) is 2.51. The lowest BCUT2D eigenvalue weighted by atomic mass is 10.1. The van der Waals surface area contributed by atoms with Crippen molar-refractivity contribution in [3.8, 4) is 0 Å². The molecule has 8 heteroatoms. The summed E-state index contributed by atoms with van der Waals surface area (Å²) in [4.78, 5) is 27.0. The summed E-state index contributed by atoms with van der Waals surface area (Å²) in [6, 6.07) is 4.08. The van der Waals surface area contributed by atoms with Crippen molar-refractivity contribution >= 4 is 11.8 Å².